The lowest BCUT2D eigenvalue weighted by Gasteiger charge is -2.30. The number of hydrogen-bond acceptors (Lipinski definition) is 3. The maximum Gasteiger partial charge on any atom is 0.252 e. The van der Waals surface area contributed by atoms with Gasteiger partial charge in [-0.25, -0.2) is 4.98 Å². The molecule has 1 atom stereocenters. The van der Waals surface area contributed by atoms with Crippen molar-refractivity contribution >= 4 is 5.82 Å². The number of nitrogens with zero attached hydrogens (tertiary/aromatic N) is 1. The fourth-order valence-corrected chi connectivity index (χ4v) is 3.03. The van der Waals surface area contributed by atoms with Gasteiger partial charge >= 0.3 is 0 Å². The molecule has 1 aliphatic carbocycles. The Balaban J connectivity index is 2.08. The van der Waals surface area contributed by atoms with Gasteiger partial charge < -0.3 is 10.3 Å². The van der Waals surface area contributed by atoms with Crippen LogP contribution in [0.25, 0.3) is 0 Å². The first-order valence-electron chi connectivity index (χ1n) is 7.59. The Bertz CT molecular complexity index is 449. The zero-order chi connectivity index (χ0) is 13.7. The summed E-state index contributed by atoms with van der Waals surface area (Å²) in [7, 11) is 0. The molecule has 1 unspecified atom stereocenters. The molecule has 1 saturated carbocycles. The van der Waals surface area contributed by atoms with Crippen molar-refractivity contribution in [2.75, 3.05) is 5.32 Å². The number of aryl methyl sites for hydroxylation is 1. The average molecular weight is 263 g/mol. The van der Waals surface area contributed by atoms with Crippen LogP contribution in [-0.4, -0.2) is 16.0 Å². The first-order valence-corrected chi connectivity index (χ1v) is 7.59. The molecule has 106 valence electrons. The number of hydrogen-bond donors (Lipinski definition) is 2. The second-order valence-corrected chi connectivity index (χ2v) is 5.49. The predicted molar refractivity (Wildman–Crippen MR) is 78.5 cm³/mol. The van der Waals surface area contributed by atoms with Crippen LogP contribution in [-0.2, 0) is 6.42 Å². The van der Waals surface area contributed by atoms with Gasteiger partial charge in [-0.05, 0) is 25.2 Å². The molecule has 2 rings (SSSR count). The van der Waals surface area contributed by atoms with E-state index in [2.05, 4.69) is 22.2 Å². The number of aromatic amines is 1. The van der Waals surface area contributed by atoms with E-state index < -0.39 is 0 Å². The lowest BCUT2D eigenvalue weighted by Crippen LogP contribution is -2.31. The van der Waals surface area contributed by atoms with Gasteiger partial charge in [-0.15, -0.1) is 0 Å². The van der Waals surface area contributed by atoms with Gasteiger partial charge in [0.25, 0.3) is 5.56 Å². The average Bonchev–Trinajstić information content (AvgIpc) is 2.45. The van der Waals surface area contributed by atoms with Gasteiger partial charge in [0.05, 0.1) is 0 Å². The summed E-state index contributed by atoms with van der Waals surface area (Å²) in [6.45, 7) is 4.21. The fraction of sp³-hybridized carbons (Fsp3) is 0.733. The molecule has 4 heteroatoms. The molecule has 1 aromatic heterocycles. The molecular formula is C15H25N3O. The second-order valence-electron chi connectivity index (χ2n) is 5.49. The Morgan fingerprint density at radius 1 is 1.37 bits per heavy atom. The van der Waals surface area contributed by atoms with Gasteiger partial charge in [0.1, 0.15) is 11.6 Å². The quantitative estimate of drug-likeness (QED) is 0.858. The summed E-state index contributed by atoms with van der Waals surface area (Å²) in [4.78, 5) is 18.8. The Morgan fingerprint density at radius 3 is 2.74 bits per heavy atom. The third-order valence-electron chi connectivity index (χ3n) is 4.12. The molecule has 1 aromatic rings. The number of rotatable bonds is 5. The lowest BCUT2D eigenvalue weighted by molar-refractivity contribution is 0.312. The number of anilines is 1. The molecule has 0 aliphatic heterocycles. The summed E-state index contributed by atoms with van der Waals surface area (Å²) in [6.07, 6.45) is 8.49. The summed E-state index contributed by atoms with van der Waals surface area (Å²) < 4.78 is 0. The van der Waals surface area contributed by atoms with Crippen LogP contribution in [0.5, 0.6) is 0 Å². The normalized spacial score (nSPS) is 18.2. The molecule has 2 N–H and O–H groups in total. The minimum Gasteiger partial charge on any atom is -0.367 e. The maximum absolute atomic E-state index is 11.6. The van der Waals surface area contributed by atoms with Crippen LogP contribution < -0.4 is 10.9 Å². The highest BCUT2D eigenvalue weighted by atomic mass is 16.1. The van der Waals surface area contributed by atoms with E-state index in [9.17, 15) is 4.79 Å². The first-order chi connectivity index (χ1) is 9.22. The number of nitrogens with one attached hydrogen (secondary N) is 2. The largest absolute Gasteiger partial charge is 0.367 e. The molecule has 1 fully saturated rings. The SMILES string of the molecule is CCc1nc(NC(CC)C2CCCCC2)cc(=O)[nH]1. The molecule has 4 nitrogen and oxygen atoms in total. The summed E-state index contributed by atoms with van der Waals surface area (Å²) in [5.74, 6) is 2.22. The van der Waals surface area contributed by atoms with Crippen molar-refractivity contribution in [2.24, 2.45) is 5.92 Å². The molecule has 0 radical (unpaired) electrons. The Labute approximate surface area is 115 Å². The van der Waals surface area contributed by atoms with Crippen LogP contribution in [0.2, 0.25) is 0 Å². The lowest BCUT2D eigenvalue weighted by atomic mass is 9.83. The van der Waals surface area contributed by atoms with Crippen LogP contribution >= 0.6 is 0 Å². The third kappa shape index (κ3) is 3.82. The van der Waals surface area contributed by atoms with Gasteiger partial charge in [-0.3, -0.25) is 4.79 Å². The van der Waals surface area contributed by atoms with Crippen LogP contribution in [0.1, 0.15) is 58.2 Å². The molecule has 0 spiro atoms. The summed E-state index contributed by atoms with van der Waals surface area (Å²) in [5, 5.41) is 3.48. The minimum atomic E-state index is -0.0622. The predicted octanol–water partition coefficient (Wildman–Crippen LogP) is 3.10. The molecule has 1 heterocycles. The Hall–Kier alpha value is -1.32. The fourth-order valence-electron chi connectivity index (χ4n) is 3.03. The van der Waals surface area contributed by atoms with Gasteiger partial charge in [0.15, 0.2) is 0 Å². The zero-order valence-electron chi connectivity index (χ0n) is 12.0. The highest BCUT2D eigenvalue weighted by molar-refractivity contribution is 5.34. The van der Waals surface area contributed by atoms with E-state index in [0.29, 0.717) is 6.04 Å². The van der Waals surface area contributed by atoms with Crippen LogP contribution in [0.4, 0.5) is 5.82 Å². The second kappa shape index (κ2) is 6.73. The number of H-pyrrole nitrogens is 1. The van der Waals surface area contributed by atoms with Crippen molar-refractivity contribution in [1.29, 1.82) is 0 Å². The van der Waals surface area contributed by atoms with Crippen molar-refractivity contribution in [1.82, 2.24) is 9.97 Å². The first kappa shape index (κ1) is 14.1. The van der Waals surface area contributed by atoms with Crippen molar-refractivity contribution in [3.05, 3.63) is 22.2 Å². The Morgan fingerprint density at radius 2 is 2.11 bits per heavy atom. The molecule has 0 bridgehead atoms. The van der Waals surface area contributed by atoms with E-state index in [-0.39, 0.29) is 5.56 Å². The zero-order valence-corrected chi connectivity index (χ0v) is 12.0. The van der Waals surface area contributed by atoms with E-state index >= 15 is 0 Å². The number of aromatic nitrogens is 2. The van der Waals surface area contributed by atoms with Gasteiger partial charge in [0, 0.05) is 18.5 Å². The standard InChI is InChI=1S/C15H25N3O/c1-3-12(11-8-6-5-7-9-11)16-14-10-15(19)18-13(4-2)17-14/h10-12H,3-9H2,1-2H3,(H2,16,17,18,19). The molecule has 0 aromatic carbocycles. The summed E-state index contributed by atoms with van der Waals surface area (Å²) in [6, 6.07) is 2.02. The van der Waals surface area contributed by atoms with Gasteiger partial charge in [-0.2, -0.15) is 0 Å². The van der Waals surface area contributed by atoms with Crippen LogP contribution in [0, 0.1) is 5.92 Å². The molecule has 19 heavy (non-hydrogen) atoms. The summed E-state index contributed by atoms with van der Waals surface area (Å²) in [5.41, 5.74) is -0.0622. The van der Waals surface area contributed by atoms with Gasteiger partial charge in [-0.1, -0.05) is 33.1 Å². The van der Waals surface area contributed by atoms with Crippen LogP contribution in [0.3, 0.4) is 0 Å². The van der Waals surface area contributed by atoms with Crippen LogP contribution in [0.15, 0.2) is 10.9 Å². The van der Waals surface area contributed by atoms with Crippen molar-refractivity contribution < 1.29 is 0 Å². The van der Waals surface area contributed by atoms with E-state index in [1.165, 1.54) is 32.1 Å². The topological polar surface area (TPSA) is 57.8 Å². The molecule has 0 saturated heterocycles. The van der Waals surface area contributed by atoms with Gasteiger partial charge in [0.2, 0.25) is 0 Å². The van der Waals surface area contributed by atoms with E-state index in [1.807, 2.05) is 6.92 Å². The van der Waals surface area contributed by atoms with Crippen molar-refractivity contribution in [2.45, 2.75) is 64.8 Å². The van der Waals surface area contributed by atoms with E-state index in [1.54, 1.807) is 6.07 Å². The highest BCUT2D eigenvalue weighted by Gasteiger charge is 2.22. The monoisotopic (exact) mass is 263 g/mol. The van der Waals surface area contributed by atoms with E-state index in [0.717, 1.165) is 30.4 Å². The van der Waals surface area contributed by atoms with Crippen molar-refractivity contribution in [3.8, 4) is 0 Å². The molecule has 0 amide bonds. The highest BCUT2D eigenvalue weighted by Crippen LogP contribution is 2.29. The Kier molecular flexibility index (Phi) is 5.00. The van der Waals surface area contributed by atoms with E-state index in [4.69, 9.17) is 0 Å². The maximum atomic E-state index is 11.6. The van der Waals surface area contributed by atoms with Crippen molar-refractivity contribution in [3.63, 3.8) is 0 Å². The minimum absolute atomic E-state index is 0.0622. The third-order valence-corrected chi connectivity index (χ3v) is 4.12. The smallest absolute Gasteiger partial charge is 0.252 e. The summed E-state index contributed by atoms with van der Waals surface area (Å²) >= 11 is 0. The molecular weight excluding hydrogens is 238 g/mol. The molecule has 1 aliphatic rings.